The maximum Gasteiger partial charge on any atom is 0.123 e. The molecule has 2 saturated heterocycles. The number of benzene rings is 2. The number of hydrogen-bond donors (Lipinski definition) is 1. The molecule has 2 aromatic carbocycles. The summed E-state index contributed by atoms with van der Waals surface area (Å²) in [4.78, 5) is 0. The van der Waals surface area contributed by atoms with Crippen LogP contribution in [0.4, 0.5) is 4.39 Å². The Bertz CT molecular complexity index is 1230. The Labute approximate surface area is 186 Å². The van der Waals surface area contributed by atoms with Crippen LogP contribution in [0.3, 0.4) is 0 Å². The third-order valence-corrected chi connectivity index (χ3v) is 7.20. The average molecular weight is 434 g/mol. The van der Waals surface area contributed by atoms with Crippen LogP contribution in [0.2, 0.25) is 0 Å². The Kier molecular flexibility index (Phi) is 5.20. The van der Waals surface area contributed by atoms with Crippen LogP contribution in [0.1, 0.15) is 42.9 Å². The van der Waals surface area contributed by atoms with Gasteiger partial charge in [-0.3, -0.25) is 5.10 Å². The monoisotopic (exact) mass is 433 g/mol. The summed E-state index contributed by atoms with van der Waals surface area (Å²) in [5.74, 6) is 0.831. The minimum atomic E-state index is -0.211. The van der Waals surface area contributed by atoms with Crippen LogP contribution in [0.15, 0.2) is 42.6 Å². The van der Waals surface area contributed by atoms with Crippen LogP contribution in [0.5, 0.6) is 0 Å². The van der Waals surface area contributed by atoms with Crippen molar-refractivity contribution in [3.63, 3.8) is 0 Å². The molecule has 2 aliphatic rings. The summed E-state index contributed by atoms with van der Waals surface area (Å²) >= 11 is 0. The fourth-order valence-corrected chi connectivity index (χ4v) is 5.53. The molecule has 0 aliphatic carbocycles. The summed E-state index contributed by atoms with van der Waals surface area (Å²) in [5, 5.41) is 9.78. The molecule has 2 fully saturated rings. The van der Waals surface area contributed by atoms with Crippen molar-refractivity contribution < 1.29 is 13.9 Å². The molecule has 1 N–H and O–H groups in total. The number of nitrogens with one attached hydrogen (secondary N) is 1. The Hall–Kier alpha value is -2.70. The predicted octanol–water partition coefficient (Wildman–Crippen LogP) is 5.51. The lowest BCUT2D eigenvalue weighted by Crippen LogP contribution is -2.21. The van der Waals surface area contributed by atoms with Gasteiger partial charge in [-0.1, -0.05) is 0 Å². The molecule has 32 heavy (non-hydrogen) atoms. The maximum atomic E-state index is 13.8. The van der Waals surface area contributed by atoms with E-state index < -0.39 is 0 Å². The van der Waals surface area contributed by atoms with E-state index >= 15 is 0 Å². The summed E-state index contributed by atoms with van der Waals surface area (Å²) < 4.78 is 27.5. The molecule has 0 radical (unpaired) electrons. The Morgan fingerprint density at radius 1 is 0.969 bits per heavy atom. The van der Waals surface area contributed by atoms with Crippen molar-refractivity contribution in [3.05, 3.63) is 59.7 Å². The summed E-state index contributed by atoms with van der Waals surface area (Å²) in [5.41, 5.74) is 6.05. The third-order valence-electron chi connectivity index (χ3n) is 7.20. The molecule has 0 amide bonds. The van der Waals surface area contributed by atoms with Crippen LogP contribution in [0.25, 0.3) is 27.5 Å². The molecule has 0 spiro atoms. The number of nitrogens with zero attached hydrogens (tertiary/aromatic N) is 2. The van der Waals surface area contributed by atoms with Crippen molar-refractivity contribution in [1.82, 2.24) is 14.8 Å². The number of aromatic amines is 1. The molecule has 0 unspecified atom stereocenters. The molecule has 166 valence electrons. The number of H-pyrrole nitrogens is 1. The second-order valence-corrected chi connectivity index (χ2v) is 9.15. The highest BCUT2D eigenvalue weighted by Gasteiger charge is 2.29. The first-order valence-corrected chi connectivity index (χ1v) is 11.7. The van der Waals surface area contributed by atoms with Crippen LogP contribution in [-0.2, 0) is 15.9 Å². The summed E-state index contributed by atoms with van der Waals surface area (Å²) in [6.45, 7) is 3.27. The van der Waals surface area contributed by atoms with E-state index in [0.717, 1.165) is 75.1 Å². The largest absolute Gasteiger partial charge is 0.381 e. The van der Waals surface area contributed by atoms with Gasteiger partial charge in [-0.15, -0.1) is 0 Å². The fraction of sp³-hybridized carbons (Fsp3) is 0.423. The SMILES string of the molecule is Fc1ccc(-n2c(C3CCOCC3)c(CC3CCOCC3)c3cc4[nH]ncc4cc32)cc1. The van der Waals surface area contributed by atoms with Gasteiger partial charge in [0.15, 0.2) is 0 Å². The fourth-order valence-electron chi connectivity index (χ4n) is 5.53. The normalized spacial score (nSPS) is 18.7. The molecule has 2 aliphatic heterocycles. The second-order valence-electron chi connectivity index (χ2n) is 9.15. The van der Waals surface area contributed by atoms with Crippen molar-refractivity contribution in [2.75, 3.05) is 26.4 Å². The predicted molar refractivity (Wildman–Crippen MR) is 123 cm³/mol. The number of rotatable bonds is 4. The van der Waals surface area contributed by atoms with Gasteiger partial charge in [0.1, 0.15) is 5.82 Å². The highest BCUT2D eigenvalue weighted by Crippen LogP contribution is 2.41. The van der Waals surface area contributed by atoms with Gasteiger partial charge in [0.2, 0.25) is 0 Å². The zero-order chi connectivity index (χ0) is 21.5. The van der Waals surface area contributed by atoms with Crippen molar-refractivity contribution in [2.24, 2.45) is 5.92 Å². The van der Waals surface area contributed by atoms with Gasteiger partial charge in [0.05, 0.1) is 17.2 Å². The van der Waals surface area contributed by atoms with E-state index in [4.69, 9.17) is 9.47 Å². The van der Waals surface area contributed by atoms with E-state index in [0.29, 0.717) is 11.8 Å². The van der Waals surface area contributed by atoms with Crippen molar-refractivity contribution >= 4 is 21.8 Å². The molecule has 0 bridgehead atoms. The molecule has 2 aromatic heterocycles. The highest BCUT2D eigenvalue weighted by atomic mass is 19.1. The molecule has 4 aromatic rings. The Morgan fingerprint density at radius 2 is 1.69 bits per heavy atom. The standard InChI is InChI=1S/C26H28FN3O2/c27-20-1-3-21(4-2-20)30-25-14-19-16-28-29-24(19)15-22(25)23(13-17-5-9-31-10-6-17)26(30)18-7-11-32-12-8-18/h1-4,14-18H,5-13H2,(H,28,29). The molecule has 0 saturated carbocycles. The lowest BCUT2D eigenvalue weighted by Gasteiger charge is -2.27. The highest BCUT2D eigenvalue weighted by molar-refractivity contribution is 5.98. The number of hydrogen-bond acceptors (Lipinski definition) is 3. The van der Waals surface area contributed by atoms with E-state index in [1.807, 2.05) is 18.3 Å². The van der Waals surface area contributed by atoms with Gasteiger partial charge in [-0.25, -0.2) is 4.39 Å². The number of aromatic nitrogens is 3. The van der Waals surface area contributed by atoms with E-state index in [1.165, 1.54) is 22.2 Å². The van der Waals surface area contributed by atoms with E-state index in [1.54, 1.807) is 12.1 Å². The van der Waals surface area contributed by atoms with Gasteiger partial charge in [0.25, 0.3) is 0 Å². The second kappa shape index (κ2) is 8.34. The number of halogens is 1. The number of ether oxygens (including phenoxy) is 2. The van der Waals surface area contributed by atoms with Gasteiger partial charge >= 0.3 is 0 Å². The lowest BCUT2D eigenvalue weighted by atomic mass is 9.86. The average Bonchev–Trinajstić information content (AvgIpc) is 3.42. The van der Waals surface area contributed by atoms with Crippen molar-refractivity contribution in [1.29, 1.82) is 0 Å². The van der Waals surface area contributed by atoms with Crippen LogP contribution in [0, 0.1) is 11.7 Å². The van der Waals surface area contributed by atoms with E-state index in [2.05, 4.69) is 26.9 Å². The van der Waals surface area contributed by atoms with Crippen LogP contribution in [-0.4, -0.2) is 41.2 Å². The smallest absolute Gasteiger partial charge is 0.123 e. The quantitative estimate of drug-likeness (QED) is 0.462. The van der Waals surface area contributed by atoms with Gasteiger partial charge in [-0.05, 0) is 80.0 Å². The molecule has 4 heterocycles. The minimum absolute atomic E-state index is 0.211. The van der Waals surface area contributed by atoms with Crippen molar-refractivity contribution in [2.45, 2.75) is 38.0 Å². The van der Waals surface area contributed by atoms with Gasteiger partial charge in [0, 0.05) is 54.5 Å². The zero-order valence-corrected chi connectivity index (χ0v) is 18.1. The van der Waals surface area contributed by atoms with E-state index in [-0.39, 0.29) is 5.82 Å². The molecular weight excluding hydrogens is 405 g/mol. The Balaban J connectivity index is 1.61. The molecule has 5 nitrogen and oxygen atoms in total. The summed E-state index contributed by atoms with van der Waals surface area (Å²) in [6.07, 6.45) is 7.14. The number of fused-ring (bicyclic) bond motifs is 2. The third kappa shape index (κ3) is 3.51. The van der Waals surface area contributed by atoms with E-state index in [9.17, 15) is 4.39 Å². The van der Waals surface area contributed by atoms with Gasteiger partial charge < -0.3 is 14.0 Å². The first-order chi connectivity index (χ1) is 15.8. The molecule has 6 heteroatoms. The summed E-state index contributed by atoms with van der Waals surface area (Å²) in [6, 6.07) is 11.4. The topological polar surface area (TPSA) is 52.1 Å². The van der Waals surface area contributed by atoms with Gasteiger partial charge in [-0.2, -0.15) is 5.10 Å². The summed E-state index contributed by atoms with van der Waals surface area (Å²) in [7, 11) is 0. The Morgan fingerprint density at radius 3 is 2.44 bits per heavy atom. The molecule has 0 atom stereocenters. The minimum Gasteiger partial charge on any atom is -0.381 e. The maximum absolute atomic E-state index is 13.8. The first kappa shape index (κ1) is 19.9. The van der Waals surface area contributed by atoms with Crippen LogP contribution >= 0.6 is 0 Å². The molecular formula is C26H28FN3O2. The first-order valence-electron chi connectivity index (χ1n) is 11.7. The zero-order valence-electron chi connectivity index (χ0n) is 18.1. The van der Waals surface area contributed by atoms with Crippen LogP contribution < -0.4 is 0 Å². The molecule has 6 rings (SSSR count). The lowest BCUT2D eigenvalue weighted by molar-refractivity contribution is 0.0662. The van der Waals surface area contributed by atoms with Crippen molar-refractivity contribution in [3.8, 4) is 5.69 Å².